The highest BCUT2D eigenvalue weighted by atomic mass is 16.6. The van der Waals surface area contributed by atoms with Crippen molar-refractivity contribution >= 4 is 5.97 Å². The Labute approximate surface area is 226 Å². The first-order valence-corrected chi connectivity index (χ1v) is 13.2. The van der Waals surface area contributed by atoms with E-state index in [4.69, 9.17) is 19.7 Å². The van der Waals surface area contributed by atoms with E-state index in [2.05, 4.69) is 50.7 Å². The van der Waals surface area contributed by atoms with Crippen molar-refractivity contribution in [3.8, 4) is 0 Å². The summed E-state index contributed by atoms with van der Waals surface area (Å²) in [6, 6.07) is 8.88. The summed E-state index contributed by atoms with van der Waals surface area (Å²) >= 11 is 0. The molecule has 5 heterocycles. The van der Waals surface area contributed by atoms with Gasteiger partial charge in [0.05, 0.1) is 33.0 Å². The van der Waals surface area contributed by atoms with Gasteiger partial charge >= 0.3 is 0 Å². The summed E-state index contributed by atoms with van der Waals surface area (Å²) in [5, 5.41) is 25.4. The number of nitrogens with zero attached hydrogens (tertiary/aromatic N) is 4. The zero-order chi connectivity index (χ0) is 27.8. The molecule has 0 aromatic carbocycles. The highest BCUT2D eigenvalue weighted by Gasteiger charge is 2.33. The molecule has 10 heteroatoms. The number of aliphatic hydroxyl groups excluding tert-OH is 2. The first kappa shape index (κ1) is 31.7. The zero-order valence-corrected chi connectivity index (χ0v) is 22.9. The van der Waals surface area contributed by atoms with Crippen molar-refractivity contribution in [2.24, 2.45) is 11.8 Å². The van der Waals surface area contributed by atoms with Crippen LogP contribution in [-0.2, 0) is 14.3 Å². The molecule has 2 unspecified atom stereocenters. The monoisotopic (exact) mass is 532 g/mol. The molecule has 3 fully saturated rings. The molecule has 3 saturated heterocycles. The van der Waals surface area contributed by atoms with Crippen molar-refractivity contribution in [1.29, 1.82) is 0 Å². The SMILES string of the molecule is C1CO1.CC(=O)O.CN1CC[C@@H](CO)C1c1cccnc1.CN1CC[C@@H](COCCO)C1c1cccnc1. The van der Waals surface area contributed by atoms with E-state index in [9.17, 15) is 5.11 Å². The number of hydrogen-bond donors (Lipinski definition) is 3. The minimum Gasteiger partial charge on any atom is -0.481 e. The fourth-order valence-corrected chi connectivity index (χ4v) is 4.87. The summed E-state index contributed by atoms with van der Waals surface area (Å²) in [6.45, 7) is 6.74. The largest absolute Gasteiger partial charge is 0.481 e. The normalized spacial score (nSPS) is 24.2. The van der Waals surface area contributed by atoms with Gasteiger partial charge in [-0.05, 0) is 63.3 Å². The average Bonchev–Trinajstić information content (AvgIpc) is 3.69. The summed E-state index contributed by atoms with van der Waals surface area (Å²) in [4.78, 5) is 22.0. The molecule has 3 N–H and O–H groups in total. The number of carboxylic acids is 1. The molecule has 38 heavy (non-hydrogen) atoms. The Balaban J connectivity index is 0.000000215. The first-order chi connectivity index (χ1) is 18.4. The molecule has 212 valence electrons. The predicted molar refractivity (Wildman–Crippen MR) is 145 cm³/mol. The molecule has 4 atom stereocenters. The summed E-state index contributed by atoms with van der Waals surface area (Å²) in [5.74, 6) is 0.0277. The van der Waals surface area contributed by atoms with Crippen LogP contribution >= 0.6 is 0 Å². The summed E-state index contributed by atoms with van der Waals surface area (Å²) in [6.07, 6.45) is 9.64. The number of aromatic nitrogens is 2. The number of ether oxygens (including phenoxy) is 2. The Morgan fingerprint density at radius 2 is 1.45 bits per heavy atom. The van der Waals surface area contributed by atoms with Gasteiger partial charge in [0.2, 0.25) is 0 Å². The highest BCUT2D eigenvalue weighted by molar-refractivity contribution is 5.62. The molecule has 2 aromatic heterocycles. The van der Waals surface area contributed by atoms with E-state index in [1.54, 1.807) is 12.4 Å². The van der Waals surface area contributed by atoms with E-state index in [0.29, 0.717) is 37.1 Å². The molecule has 0 radical (unpaired) electrons. The molecule has 0 amide bonds. The molecule has 3 aliphatic heterocycles. The number of likely N-dealkylation sites (tertiary alicyclic amines) is 2. The van der Waals surface area contributed by atoms with Crippen molar-refractivity contribution in [3.63, 3.8) is 0 Å². The Morgan fingerprint density at radius 3 is 1.84 bits per heavy atom. The van der Waals surface area contributed by atoms with E-state index < -0.39 is 5.97 Å². The smallest absolute Gasteiger partial charge is 0.300 e. The summed E-state index contributed by atoms with van der Waals surface area (Å²) in [5.41, 5.74) is 2.47. The van der Waals surface area contributed by atoms with Crippen molar-refractivity contribution in [2.45, 2.75) is 31.8 Å². The van der Waals surface area contributed by atoms with Crippen LogP contribution in [0.4, 0.5) is 0 Å². The lowest BCUT2D eigenvalue weighted by Crippen LogP contribution is -2.23. The van der Waals surface area contributed by atoms with Crippen LogP contribution in [0, 0.1) is 11.8 Å². The third kappa shape index (κ3) is 11.5. The topological polar surface area (TPSA) is 132 Å². The number of pyridine rings is 2. The van der Waals surface area contributed by atoms with Gasteiger partial charge < -0.3 is 24.8 Å². The third-order valence-electron chi connectivity index (χ3n) is 6.61. The fourth-order valence-electron chi connectivity index (χ4n) is 4.87. The Hall–Kier alpha value is -2.47. The van der Waals surface area contributed by atoms with Crippen LogP contribution in [0.3, 0.4) is 0 Å². The maximum Gasteiger partial charge on any atom is 0.300 e. The second kappa shape index (κ2) is 17.9. The Bertz CT molecular complexity index is 883. The quantitative estimate of drug-likeness (QED) is 0.360. The van der Waals surface area contributed by atoms with Gasteiger partial charge in [0.15, 0.2) is 0 Å². The van der Waals surface area contributed by atoms with Gasteiger partial charge in [0.25, 0.3) is 5.97 Å². The van der Waals surface area contributed by atoms with E-state index >= 15 is 0 Å². The first-order valence-electron chi connectivity index (χ1n) is 13.2. The second-order valence-corrected chi connectivity index (χ2v) is 9.63. The van der Waals surface area contributed by atoms with Gasteiger partial charge in [-0.3, -0.25) is 24.6 Å². The third-order valence-corrected chi connectivity index (χ3v) is 6.61. The van der Waals surface area contributed by atoms with E-state index in [0.717, 1.165) is 46.1 Å². The van der Waals surface area contributed by atoms with Crippen LogP contribution < -0.4 is 0 Å². The van der Waals surface area contributed by atoms with Crippen LogP contribution in [0.15, 0.2) is 49.1 Å². The minimum atomic E-state index is -0.833. The number of carbonyl (C=O) groups is 1. The number of rotatable bonds is 7. The summed E-state index contributed by atoms with van der Waals surface area (Å²) in [7, 11) is 4.25. The van der Waals surface area contributed by atoms with Gasteiger partial charge in [-0.25, -0.2) is 0 Å². The fraction of sp³-hybridized carbons (Fsp3) is 0.607. The lowest BCUT2D eigenvalue weighted by atomic mass is 9.96. The molecule has 0 aliphatic carbocycles. The highest BCUT2D eigenvalue weighted by Crippen LogP contribution is 2.36. The number of aliphatic carboxylic acids is 1. The van der Waals surface area contributed by atoms with Gasteiger partial charge in [-0.2, -0.15) is 0 Å². The molecular weight excluding hydrogens is 488 g/mol. The molecule has 2 aromatic rings. The van der Waals surface area contributed by atoms with Gasteiger partial charge in [-0.1, -0.05) is 12.1 Å². The van der Waals surface area contributed by atoms with Crippen LogP contribution in [0.1, 0.15) is 43.0 Å². The molecule has 10 nitrogen and oxygen atoms in total. The maximum atomic E-state index is 9.27. The van der Waals surface area contributed by atoms with Crippen LogP contribution in [0.5, 0.6) is 0 Å². The lowest BCUT2D eigenvalue weighted by Gasteiger charge is -2.25. The molecular formula is C28H44N4O6. The number of aliphatic hydroxyl groups is 2. The molecule has 3 aliphatic rings. The van der Waals surface area contributed by atoms with Crippen molar-refractivity contribution in [1.82, 2.24) is 19.8 Å². The second-order valence-electron chi connectivity index (χ2n) is 9.63. The minimum absolute atomic E-state index is 0.0973. The molecule has 0 bridgehead atoms. The Morgan fingerprint density at radius 1 is 0.974 bits per heavy atom. The summed E-state index contributed by atoms with van der Waals surface area (Å²) < 4.78 is 9.97. The molecule has 0 spiro atoms. The van der Waals surface area contributed by atoms with Crippen molar-refractivity contribution in [2.75, 3.05) is 66.8 Å². The van der Waals surface area contributed by atoms with Crippen molar-refractivity contribution in [3.05, 3.63) is 60.2 Å². The van der Waals surface area contributed by atoms with Crippen LogP contribution in [-0.4, -0.2) is 108 Å². The molecule has 0 saturated carbocycles. The van der Waals surface area contributed by atoms with Crippen molar-refractivity contribution < 1.29 is 29.6 Å². The van der Waals surface area contributed by atoms with Crippen LogP contribution in [0.25, 0.3) is 0 Å². The molecule has 5 rings (SSSR count). The Kier molecular flexibility index (Phi) is 15.0. The predicted octanol–water partition coefficient (Wildman–Crippen LogP) is 2.26. The number of carboxylic acid groups (broad SMARTS) is 1. The zero-order valence-electron chi connectivity index (χ0n) is 22.9. The van der Waals surface area contributed by atoms with E-state index in [1.807, 2.05) is 24.5 Å². The lowest BCUT2D eigenvalue weighted by molar-refractivity contribution is -0.134. The average molecular weight is 533 g/mol. The van der Waals surface area contributed by atoms with Gasteiger partial charge in [-0.15, -0.1) is 0 Å². The van der Waals surface area contributed by atoms with Crippen LogP contribution in [0.2, 0.25) is 0 Å². The number of hydrogen-bond acceptors (Lipinski definition) is 9. The van der Waals surface area contributed by atoms with Gasteiger partial charge in [0.1, 0.15) is 0 Å². The maximum absolute atomic E-state index is 9.27. The standard InChI is InChI=1S/C13H20N2O2.C11H16N2O.C2H4O2.C2H4O/c1-15-6-4-12(10-17-8-7-16)13(15)11-3-2-5-14-9-11;1-13-6-4-10(8-14)11(13)9-3-2-5-12-7-9;1-2(3)4;1-2-3-1/h2-3,5,9,12-13,16H,4,6-8,10H2,1H3;2-3,5,7,10-11,14H,4,6,8H2,1H3;1H3,(H,3,4);1-2H2/t12-,13?;10-,11?;;/m00../s1. The van der Waals surface area contributed by atoms with E-state index in [-0.39, 0.29) is 13.2 Å². The van der Waals surface area contributed by atoms with E-state index in [1.165, 1.54) is 11.1 Å². The van der Waals surface area contributed by atoms with Gasteiger partial charge in [0, 0.05) is 62.2 Å². The number of epoxide rings is 1.